The number of nitrogens with zero attached hydrogens (tertiary/aromatic N) is 5. The van der Waals surface area contributed by atoms with Gasteiger partial charge in [0, 0.05) is 12.6 Å². The van der Waals surface area contributed by atoms with Gasteiger partial charge in [-0.3, -0.25) is 0 Å². The smallest absolute Gasteiger partial charge is 0.213 e. The van der Waals surface area contributed by atoms with Gasteiger partial charge >= 0.3 is 0 Å². The first-order valence-electron chi connectivity index (χ1n) is 8.87. The normalized spacial score (nSPS) is 13.0. The minimum absolute atomic E-state index is 0.0191. The van der Waals surface area contributed by atoms with Crippen LogP contribution in [0.4, 0.5) is 0 Å². The summed E-state index contributed by atoms with van der Waals surface area (Å²) in [6.07, 6.45) is 4.75. The molecule has 0 saturated heterocycles. The van der Waals surface area contributed by atoms with Gasteiger partial charge in [-0.2, -0.15) is 5.10 Å². The first-order valence-corrected chi connectivity index (χ1v) is 10.5. The van der Waals surface area contributed by atoms with Crippen LogP contribution >= 0.6 is 0 Å². The summed E-state index contributed by atoms with van der Waals surface area (Å²) in [6.45, 7) is 2.17. The average Bonchev–Trinajstić information content (AvgIpc) is 3.36. The van der Waals surface area contributed by atoms with Crippen molar-refractivity contribution < 1.29 is 8.42 Å². The van der Waals surface area contributed by atoms with Gasteiger partial charge in [0.1, 0.15) is 12.7 Å². The number of para-hydroxylation sites is 2. The van der Waals surface area contributed by atoms with Gasteiger partial charge in [-0.1, -0.05) is 24.3 Å². The fourth-order valence-corrected chi connectivity index (χ4v) is 4.29. The van der Waals surface area contributed by atoms with E-state index in [0.29, 0.717) is 6.54 Å². The van der Waals surface area contributed by atoms with Gasteiger partial charge in [-0.05, 0) is 36.8 Å². The molecule has 4 aromatic rings. The Bertz CT molecular complexity index is 1170. The second-order valence-electron chi connectivity index (χ2n) is 6.52. The van der Waals surface area contributed by atoms with Gasteiger partial charge in [0.2, 0.25) is 10.0 Å². The van der Waals surface area contributed by atoms with Crippen LogP contribution in [-0.4, -0.2) is 38.5 Å². The van der Waals surface area contributed by atoms with Crippen molar-refractivity contribution in [3.05, 3.63) is 73.1 Å². The fourth-order valence-electron chi connectivity index (χ4n) is 3.06. The van der Waals surface area contributed by atoms with E-state index >= 15 is 0 Å². The van der Waals surface area contributed by atoms with Gasteiger partial charge in [-0.25, -0.2) is 27.8 Å². The number of fused-ring (bicyclic) bond motifs is 1. The first-order chi connectivity index (χ1) is 13.5. The van der Waals surface area contributed by atoms with Crippen LogP contribution in [0.3, 0.4) is 0 Å². The number of aromatic nitrogens is 5. The molecule has 9 heteroatoms. The molecule has 144 valence electrons. The molecule has 0 fully saturated rings. The number of rotatable bonds is 7. The number of aryl methyl sites for hydroxylation is 1. The molecule has 1 atom stereocenters. The molecule has 0 radical (unpaired) electrons. The quantitative estimate of drug-likeness (QED) is 0.517. The lowest BCUT2D eigenvalue weighted by Crippen LogP contribution is -2.30. The molecular formula is C19H20N6O2S. The van der Waals surface area contributed by atoms with E-state index < -0.39 is 10.0 Å². The highest BCUT2D eigenvalue weighted by molar-refractivity contribution is 7.89. The van der Waals surface area contributed by atoms with Crippen molar-refractivity contribution in [3.8, 4) is 5.69 Å². The number of imidazole rings is 1. The van der Waals surface area contributed by atoms with Crippen LogP contribution in [0.25, 0.3) is 16.7 Å². The molecule has 0 amide bonds. The monoisotopic (exact) mass is 396 g/mol. The molecule has 2 heterocycles. The maximum atomic E-state index is 12.5. The Labute approximate surface area is 162 Å². The molecule has 2 aromatic carbocycles. The third kappa shape index (κ3) is 3.95. The molecule has 0 aliphatic carbocycles. The van der Waals surface area contributed by atoms with Crippen molar-refractivity contribution in [2.24, 2.45) is 0 Å². The summed E-state index contributed by atoms with van der Waals surface area (Å²) in [5, 5.41) is 4.08. The van der Waals surface area contributed by atoms with Crippen molar-refractivity contribution >= 4 is 21.1 Å². The Kier molecular flexibility index (Phi) is 4.93. The standard InChI is InChI=1S/C19H20N6O2S/c1-15(16-6-8-17(9-7-16)25-13-20-12-22-25)23-28(26,27)11-10-24-14-21-18-4-2-3-5-19(18)24/h2-9,12-15,23H,10-11H2,1H3. The van der Waals surface area contributed by atoms with Gasteiger partial charge < -0.3 is 4.57 Å². The molecule has 1 N–H and O–H groups in total. The summed E-state index contributed by atoms with van der Waals surface area (Å²) in [4.78, 5) is 8.21. The van der Waals surface area contributed by atoms with Crippen LogP contribution in [0, 0.1) is 0 Å². The van der Waals surface area contributed by atoms with Gasteiger partial charge in [0.15, 0.2) is 0 Å². The zero-order valence-electron chi connectivity index (χ0n) is 15.3. The molecular weight excluding hydrogens is 376 g/mol. The molecule has 4 rings (SSSR count). The number of benzene rings is 2. The Morgan fingerprint density at radius 3 is 2.61 bits per heavy atom. The van der Waals surface area contributed by atoms with Crippen LogP contribution in [0.5, 0.6) is 0 Å². The Morgan fingerprint density at radius 2 is 1.86 bits per heavy atom. The maximum Gasteiger partial charge on any atom is 0.213 e. The van der Waals surface area contributed by atoms with E-state index in [1.165, 1.54) is 6.33 Å². The number of hydrogen-bond acceptors (Lipinski definition) is 5. The Balaban J connectivity index is 1.41. The maximum absolute atomic E-state index is 12.5. The van der Waals surface area contributed by atoms with Gasteiger partial charge in [-0.15, -0.1) is 0 Å². The van der Waals surface area contributed by atoms with Gasteiger partial charge in [0.25, 0.3) is 0 Å². The van der Waals surface area contributed by atoms with Crippen molar-refractivity contribution in [2.75, 3.05) is 5.75 Å². The summed E-state index contributed by atoms with van der Waals surface area (Å²) in [5.41, 5.74) is 3.52. The number of nitrogens with one attached hydrogen (secondary N) is 1. The van der Waals surface area contributed by atoms with Crippen molar-refractivity contribution in [1.82, 2.24) is 29.0 Å². The summed E-state index contributed by atoms with van der Waals surface area (Å²) in [6, 6.07) is 14.9. The lowest BCUT2D eigenvalue weighted by Gasteiger charge is -2.15. The molecule has 0 saturated carbocycles. The van der Waals surface area contributed by atoms with E-state index in [4.69, 9.17) is 0 Å². The van der Waals surface area contributed by atoms with E-state index in [0.717, 1.165) is 22.3 Å². The molecule has 28 heavy (non-hydrogen) atoms. The van der Waals surface area contributed by atoms with Crippen LogP contribution in [0.2, 0.25) is 0 Å². The zero-order valence-corrected chi connectivity index (χ0v) is 16.1. The molecule has 1 unspecified atom stereocenters. The second-order valence-corrected chi connectivity index (χ2v) is 8.39. The molecule has 0 aliphatic heterocycles. The predicted octanol–water partition coefficient (Wildman–Crippen LogP) is 2.30. The highest BCUT2D eigenvalue weighted by Crippen LogP contribution is 2.17. The Hall–Kier alpha value is -3.04. The van der Waals surface area contributed by atoms with Crippen LogP contribution in [-0.2, 0) is 16.6 Å². The fraction of sp³-hybridized carbons (Fsp3) is 0.211. The highest BCUT2D eigenvalue weighted by Gasteiger charge is 2.16. The van der Waals surface area contributed by atoms with E-state index in [2.05, 4.69) is 19.8 Å². The van der Waals surface area contributed by atoms with Crippen LogP contribution < -0.4 is 4.72 Å². The molecule has 0 aliphatic rings. The molecule has 0 spiro atoms. The van der Waals surface area contributed by atoms with Crippen molar-refractivity contribution in [3.63, 3.8) is 0 Å². The topological polar surface area (TPSA) is 94.7 Å². The highest BCUT2D eigenvalue weighted by atomic mass is 32.2. The van der Waals surface area contributed by atoms with Crippen LogP contribution in [0.1, 0.15) is 18.5 Å². The van der Waals surface area contributed by atoms with E-state index in [9.17, 15) is 8.42 Å². The zero-order chi connectivity index (χ0) is 19.6. The summed E-state index contributed by atoms with van der Waals surface area (Å²) >= 11 is 0. The Morgan fingerprint density at radius 1 is 1.07 bits per heavy atom. The molecule has 2 aromatic heterocycles. The van der Waals surface area contributed by atoms with Crippen molar-refractivity contribution in [1.29, 1.82) is 0 Å². The third-order valence-corrected chi connectivity index (χ3v) is 5.99. The largest absolute Gasteiger partial charge is 0.330 e. The summed E-state index contributed by atoms with van der Waals surface area (Å²) in [5.74, 6) is -0.0191. The predicted molar refractivity (Wildman–Crippen MR) is 106 cm³/mol. The second kappa shape index (κ2) is 7.53. The summed E-state index contributed by atoms with van der Waals surface area (Å²) in [7, 11) is -3.45. The van der Waals surface area contributed by atoms with E-state index in [1.54, 1.807) is 17.3 Å². The van der Waals surface area contributed by atoms with Crippen molar-refractivity contribution in [2.45, 2.75) is 19.5 Å². The molecule has 8 nitrogen and oxygen atoms in total. The molecule has 0 bridgehead atoms. The van der Waals surface area contributed by atoms with E-state index in [-0.39, 0.29) is 11.8 Å². The lowest BCUT2D eigenvalue weighted by molar-refractivity contribution is 0.561. The first kappa shape index (κ1) is 18.3. The summed E-state index contributed by atoms with van der Waals surface area (Å²) < 4.78 is 31.3. The third-order valence-electron chi connectivity index (χ3n) is 4.56. The average molecular weight is 396 g/mol. The lowest BCUT2D eigenvalue weighted by atomic mass is 10.1. The minimum Gasteiger partial charge on any atom is -0.330 e. The number of hydrogen-bond donors (Lipinski definition) is 1. The van der Waals surface area contributed by atoms with Gasteiger partial charge in [0.05, 0.1) is 28.8 Å². The van der Waals surface area contributed by atoms with Crippen LogP contribution in [0.15, 0.2) is 67.5 Å². The van der Waals surface area contributed by atoms with E-state index in [1.807, 2.05) is 60.0 Å². The minimum atomic E-state index is -3.45. The SMILES string of the molecule is CC(NS(=O)(=O)CCn1cnc2ccccc21)c1ccc(-n2cncn2)cc1. The number of sulfonamides is 1.